The first-order valence-electron chi connectivity index (χ1n) is 12.5. The number of hydrogen-bond acceptors (Lipinski definition) is 4. The van der Waals surface area contributed by atoms with E-state index in [9.17, 15) is 19.5 Å². The maximum atomic E-state index is 13.1. The standard InChI is InChI=1S/C28H32N2O5/c1-17(25(31)30-14-19-8-7-13-28(19,16-30)26(32)33)18(2)29-27(34)35-15-24-22-11-5-3-9-20(22)21-10-4-6-12-23(21)24/h3-6,9-12,17-19,24H,7-8,13-16H2,1-2H3,(H,29,34)(H,32,33)/t17?,18?,19-,28-/m0/s1. The van der Waals surface area contributed by atoms with Gasteiger partial charge in [-0.15, -0.1) is 0 Å². The molecule has 1 saturated carbocycles. The minimum Gasteiger partial charge on any atom is -0.481 e. The highest BCUT2D eigenvalue weighted by Gasteiger charge is 2.56. The number of fused-ring (bicyclic) bond motifs is 4. The molecule has 7 heteroatoms. The van der Waals surface area contributed by atoms with Gasteiger partial charge in [-0.1, -0.05) is 61.9 Å². The lowest BCUT2D eigenvalue weighted by Gasteiger charge is -2.27. The van der Waals surface area contributed by atoms with Crippen molar-refractivity contribution in [3.63, 3.8) is 0 Å². The average Bonchev–Trinajstić information content (AvgIpc) is 3.51. The number of carboxylic acids is 1. The minimum atomic E-state index is -0.807. The summed E-state index contributed by atoms with van der Waals surface area (Å²) in [6.07, 6.45) is 1.81. The largest absolute Gasteiger partial charge is 0.481 e. The van der Waals surface area contributed by atoms with E-state index in [2.05, 4.69) is 29.6 Å². The molecule has 35 heavy (non-hydrogen) atoms. The van der Waals surface area contributed by atoms with Crippen LogP contribution in [-0.4, -0.2) is 53.7 Å². The molecule has 4 atom stereocenters. The van der Waals surface area contributed by atoms with Gasteiger partial charge in [0.25, 0.3) is 0 Å². The summed E-state index contributed by atoms with van der Waals surface area (Å²) in [6.45, 7) is 4.51. The van der Waals surface area contributed by atoms with E-state index >= 15 is 0 Å². The van der Waals surface area contributed by atoms with Gasteiger partial charge in [-0.05, 0) is 47.9 Å². The third-order valence-electron chi connectivity index (χ3n) is 8.44. The van der Waals surface area contributed by atoms with Gasteiger partial charge in [-0.25, -0.2) is 4.79 Å². The molecule has 2 aliphatic carbocycles. The Morgan fingerprint density at radius 1 is 1.09 bits per heavy atom. The predicted molar refractivity (Wildman–Crippen MR) is 131 cm³/mol. The monoisotopic (exact) mass is 476 g/mol. The van der Waals surface area contributed by atoms with Crippen LogP contribution < -0.4 is 5.32 Å². The number of nitrogens with one attached hydrogen (secondary N) is 1. The Bertz CT molecular complexity index is 1120. The summed E-state index contributed by atoms with van der Waals surface area (Å²) >= 11 is 0. The summed E-state index contributed by atoms with van der Waals surface area (Å²) in [6, 6.07) is 15.9. The van der Waals surface area contributed by atoms with Crippen LogP contribution >= 0.6 is 0 Å². The lowest BCUT2D eigenvalue weighted by molar-refractivity contribution is -0.149. The van der Waals surface area contributed by atoms with Crippen LogP contribution in [-0.2, 0) is 14.3 Å². The van der Waals surface area contributed by atoms with Gasteiger partial charge < -0.3 is 20.1 Å². The molecular weight excluding hydrogens is 444 g/mol. The number of hydrogen-bond donors (Lipinski definition) is 2. The van der Waals surface area contributed by atoms with E-state index in [4.69, 9.17) is 4.74 Å². The highest BCUT2D eigenvalue weighted by atomic mass is 16.5. The fraction of sp³-hybridized carbons (Fsp3) is 0.464. The summed E-state index contributed by atoms with van der Waals surface area (Å²) in [5.41, 5.74) is 3.81. The van der Waals surface area contributed by atoms with Crippen molar-refractivity contribution in [3.05, 3.63) is 59.7 Å². The third kappa shape index (κ3) is 3.97. The van der Waals surface area contributed by atoms with Gasteiger partial charge >= 0.3 is 12.1 Å². The predicted octanol–water partition coefficient (Wildman–Crippen LogP) is 4.26. The molecule has 0 spiro atoms. The second kappa shape index (κ2) is 9.02. The highest BCUT2D eigenvalue weighted by Crippen LogP contribution is 2.49. The molecule has 2 unspecified atom stereocenters. The van der Waals surface area contributed by atoms with E-state index in [0.717, 1.165) is 24.0 Å². The van der Waals surface area contributed by atoms with Gasteiger partial charge in [-0.3, -0.25) is 9.59 Å². The van der Waals surface area contributed by atoms with Crippen molar-refractivity contribution in [1.29, 1.82) is 0 Å². The molecule has 5 rings (SSSR count). The van der Waals surface area contributed by atoms with Gasteiger partial charge in [0.05, 0.1) is 11.3 Å². The maximum absolute atomic E-state index is 13.1. The van der Waals surface area contributed by atoms with Crippen molar-refractivity contribution in [2.24, 2.45) is 17.3 Å². The fourth-order valence-electron chi connectivity index (χ4n) is 6.26. The van der Waals surface area contributed by atoms with E-state index < -0.39 is 29.4 Å². The third-order valence-corrected chi connectivity index (χ3v) is 8.44. The van der Waals surface area contributed by atoms with E-state index in [1.165, 1.54) is 11.1 Å². The molecule has 1 aliphatic heterocycles. The molecule has 1 heterocycles. The van der Waals surface area contributed by atoms with Crippen molar-refractivity contribution in [2.75, 3.05) is 19.7 Å². The number of rotatable bonds is 6. The van der Waals surface area contributed by atoms with E-state index in [0.29, 0.717) is 13.0 Å². The zero-order chi connectivity index (χ0) is 24.7. The molecule has 2 fully saturated rings. The number of likely N-dealkylation sites (tertiary alicyclic amines) is 1. The first-order valence-corrected chi connectivity index (χ1v) is 12.5. The molecule has 184 valence electrons. The topological polar surface area (TPSA) is 95.9 Å². The zero-order valence-electron chi connectivity index (χ0n) is 20.2. The maximum Gasteiger partial charge on any atom is 0.407 e. The smallest absolute Gasteiger partial charge is 0.407 e. The summed E-state index contributed by atoms with van der Waals surface area (Å²) in [5, 5.41) is 12.6. The lowest BCUT2D eigenvalue weighted by atomic mass is 9.81. The number of carbonyl (C=O) groups excluding carboxylic acids is 2. The van der Waals surface area contributed by atoms with Crippen molar-refractivity contribution >= 4 is 18.0 Å². The van der Waals surface area contributed by atoms with Gasteiger partial charge in [0.2, 0.25) is 5.91 Å². The number of nitrogens with zero attached hydrogens (tertiary/aromatic N) is 1. The fourth-order valence-corrected chi connectivity index (χ4v) is 6.26. The van der Waals surface area contributed by atoms with Gasteiger partial charge in [0.15, 0.2) is 0 Å². The Morgan fingerprint density at radius 2 is 1.71 bits per heavy atom. The van der Waals surface area contributed by atoms with Gasteiger partial charge in [-0.2, -0.15) is 0 Å². The number of benzene rings is 2. The number of ether oxygens (including phenoxy) is 1. The molecule has 2 aromatic carbocycles. The van der Waals surface area contributed by atoms with Gasteiger partial charge in [0, 0.05) is 25.0 Å². The molecule has 2 amide bonds. The molecule has 2 aromatic rings. The van der Waals surface area contributed by atoms with Crippen LogP contribution in [0.25, 0.3) is 11.1 Å². The molecule has 1 saturated heterocycles. The Morgan fingerprint density at radius 3 is 2.31 bits per heavy atom. The zero-order valence-corrected chi connectivity index (χ0v) is 20.2. The molecule has 0 aromatic heterocycles. The molecule has 0 bridgehead atoms. The molecule has 2 N–H and O–H groups in total. The van der Waals surface area contributed by atoms with Crippen molar-refractivity contribution in [2.45, 2.75) is 45.1 Å². The van der Waals surface area contributed by atoms with Crippen LogP contribution in [0.5, 0.6) is 0 Å². The molecule has 7 nitrogen and oxygen atoms in total. The number of amides is 2. The SMILES string of the molecule is CC(NC(=O)OCC1c2ccccc2-c2ccccc21)C(C)C(=O)N1C[C@@H]2CCC[C@]2(C(=O)O)C1. The van der Waals surface area contributed by atoms with Crippen LogP contribution in [0.1, 0.15) is 50.2 Å². The number of carbonyl (C=O) groups is 3. The van der Waals surface area contributed by atoms with Crippen LogP contribution in [0.4, 0.5) is 4.79 Å². The quantitative estimate of drug-likeness (QED) is 0.649. The van der Waals surface area contributed by atoms with Crippen molar-refractivity contribution in [3.8, 4) is 11.1 Å². The van der Waals surface area contributed by atoms with E-state index in [1.807, 2.05) is 24.3 Å². The molecule has 3 aliphatic rings. The Hall–Kier alpha value is -3.35. The minimum absolute atomic E-state index is 0.0153. The lowest BCUT2D eigenvalue weighted by Crippen LogP contribution is -2.46. The van der Waals surface area contributed by atoms with Gasteiger partial charge in [0.1, 0.15) is 6.61 Å². The van der Waals surface area contributed by atoms with Crippen molar-refractivity contribution in [1.82, 2.24) is 10.2 Å². The summed E-state index contributed by atoms with van der Waals surface area (Å²) in [5.74, 6) is -1.42. The van der Waals surface area contributed by atoms with E-state index in [1.54, 1.807) is 18.7 Å². The van der Waals surface area contributed by atoms with Crippen LogP contribution in [0.2, 0.25) is 0 Å². The van der Waals surface area contributed by atoms with Crippen LogP contribution in [0.3, 0.4) is 0 Å². The Kier molecular flexibility index (Phi) is 6.03. The Labute approximate surface area is 205 Å². The normalized spacial score (nSPS) is 24.3. The van der Waals surface area contributed by atoms with E-state index in [-0.39, 0.29) is 30.9 Å². The van der Waals surface area contributed by atoms with Crippen LogP contribution in [0.15, 0.2) is 48.5 Å². The second-order valence-corrected chi connectivity index (χ2v) is 10.3. The summed E-state index contributed by atoms with van der Waals surface area (Å²) in [7, 11) is 0. The number of alkyl carbamates (subject to hydrolysis) is 1. The average molecular weight is 477 g/mol. The highest BCUT2D eigenvalue weighted by molar-refractivity contribution is 5.83. The second-order valence-electron chi connectivity index (χ2n) is 10.3. The van der Waals surface area contributed by atoms with Crippen molar-refractivity contribution < 1.29 is 24.2 Å². The van der Waals surface area contributed by atoms with Crippen LogP contribution in [0, 0.1) is 17.3 Å². The molecular formula is C28H32N2O5. The number of aliphatic carboxylic acids is 1. The molecule has 0 radical (unpaired) electrons. The number of carboxylic acid groups (broad SMARTS) is 1. The first kappa shape index (κ1) is 23.4. The first-order chi connectivity index (χ1) is 16.8. The summed E-state index contributed by atoms with van der Waals surface area (Å²) < 4.78 is 5.62. The Balaban J connectivity index is 1.18. The summed E-state index contributed by atoms with van der Waals surface area (Å²) in [4.78, 5) is 39.4.